The van der Waals surface area contributed by atoms with Crippen molar-refractivity contribution >= 4 is 22.9 Å². The molecular weight excluding hydrogens is 240 g/mol. The van der Waals surface area contributed by atoms with Crippen LogP contribution in [-0.2, 0) is 0 Å². The number of halogens is 1. The van der Waals surface area contributed by atoms with E-state index in [2.05, 4.69) is 11.5 Å². The van der Waals surface area contributed by atoms with Crippen molar-refractivity contribution in [1.29, 1.82) is 0 Å². The van der Waals surface area contributed by atoms with E-state index in [0.717, 1.165) is 22.1 Å². The molecule has 0 aromatic carbocycles. The molecule has 0 amide bonds. The molecule has 2 nitrogen and oxygen atoms in total. The molecule has 2 aliphatic rings. The van der Waals surface area contributed by atoms with Crippen LogP contribution in [-0.4, -0.2) is 0 Å². The van der Waals surface area contributed by atoms with E-state index in [9.17, 15) is 0 Å². The summed E-state index contributed by atoms with van der Waals surface area (Å²) < 4.78 is 0.860. The van der Waals surface area contributed by atoms with Gasteiger partial charge in [-0.1, -0.05) is 18.0 Å². The van der Waals surface area contributed by atoms with Crippen LogP contribution < -0.4 is 11.3 Å². The summed E-state index contributed by atoms with van der Waals surface area (Å²) in [5, 5.41) is 0. The molecule has 1 aromatic heterocycles. The summed E-state index contributed by atoms with van der Waals surface area (Å²) in [7, 11) is 0. The molecule has 1 heterocycles. The average molecular weight is 257 g/mol. The predicted octanol–water partition coefficient (Wildman–Crippen LogP) is 3.34. The number of hydrogen-bond donors (Lipinski definition) is 2. The van der Waals surface area contributed by atoms with Gasteiger partial charge in [0.25, 0.3) is 0 Å². The Bertz CT molecular complexity index is 379. The normalized spacial score (nSPS) is 34.5. The van der Waals surface area contributed by atoms with Gasteiger partial charge in [0, 0.05) is 4.88 Å². The van der Waals surface area contributed by atoms with Crippen molar-refractivity contribution in [3.63, 3.8) is 0 Å². The summed E-state index contributed by atoms with van der Waals surface area (Å²) in [6, 6.07) is 4.40. The Morgan fingerprint density at radius 3 is 2.75 bits per heavy atom. The highest BCUT2D eigenvalue weighted by atomic mass is 35.5. The van der Waals surface area contributed by atoms with E-state index in [1.54, 1.807) is 11.3 Å². The SMILES string of the molecule is NNC(c1ccc(Cl)s1)C1CC2CCC1C2. The average Bonchev–Trinajstić information content (AvgIpc) is 2.96. The van der Waals surface area contributed by atoms with Gasteiger partial charge in [0.2, 0.25) is 0 Å². The predicted molar refractivity (Wildman–Crippen MR) is 68.3 cm³/mol. The summed E-state index contributed by atoms with van der Waals surface area (Å²) in [5.74, 6) is 8.30. The van der Waals surface area contributed by atoms with Gasteiger partial charge in [-0.3, -0.25) is 11.3 Å². The molecule has 16 heavy (non-hydrogen) atoms. The number of rotatable bonds is 3. The van der Waals surface area contributed by atoms with Crippen LogP contribution in [0.1, 0.15) is 36.6 Å². The van der Waals surface area contributed by atoms with E-state index in [-0.39, 0.29) is 0 Å². The van der Waals surface area contributed by atoms with Gasteiger partial charge >= 0.3 is 0 Å². The molecule has 3 N–H and O–H groups in total. The van der Waals surface area contributed by atoms with E-state index < -0.39 is 0 Å². The van der Waals surface area contributed by atoms with E-state index in [0.29, 0.717) is 6.04 Å². The standard InChI is InChI=1S/C12H17ClN2S/c13-11-4-3-10(16-11)12(15-14)9-6-7-1-2-8(9)5-7/h3-4,7-9,12,15H,1-2,5-6,14H2. The number of nitrogens with one attached hydrogen (secondary N) is 1. The van der Waals surface area contributed by atoms with Gasteiger partial charge in [-0.2, -0.15) is 0 Å². The maximum atomic E-state index is 6.00. The molecule has 0 aliphatic heterocycles. The van der Waals surface area contributed by atoms with Gasteiger partial charge in [0.1, 0.15) is 0 Å². The third-order valence-corrected chi connectivity index (χ3v) is 5.62. The van der Waals surface area contributed by atoms with Crippen molar-refractivity contribution in [3.05, 3.63) is 21.3 Å². The third kappa shape index (κ3) is 1.80. The van der Waals surface area contributed by atoms with Crippen LogP contribution in [0.3, 0.4) is 0 Å². The van der Waals surface area contributed by atoms with Crippen LogP contribution in [0.25, 0.3) is 0 Å². The molecule has 88 valence electrons. The van der Waals surface area contributed by atoms with Gasteiger partial charge in [-0.25, -0.2) is 0 Å². The van der Waals surface area contributed by atoms with Gasteiger partial charge in [0.05, 0.1) is 10.4 Å². The number of hydrazine groups is 1. The van der Waals surface area contributed by atoms with Crippen LogP contribution in [0.4, 0.5) is 0 Å². The maximum absolute atomic E-state index is 6.00. The van der Waals surface area contributed by atoms with Crippen molar-refractivity contribution in [2.75, 3.05) is 0 Å². The molecule has 2 fully saturated rings. The fourth-order valence-electron chi connectivity index (χ4n) is 3.61. The molecule has 0 spiro atoms. The van der Waals surface area contributed by atoms with Crippen LogP contribution in [0, 0.1) is 17.8 Å². The Labute approximate surface area is 105 Å². The Morgan fingerprint density at radius 1 is 1.38 bits per heavy atom. The molecule has 1 aromatic rings. The van der Waals surface area contributed by atoms with Gasteiger partial charge in [-0.05, 0) is 49.1 Å². The third-order valence-electron chi connectivity index (χ3n) is 4.30. The fraction of sp³-hybridized carbons (Fsp3) is 0.667. The van der Waals surface area contributed by atoms with Crippen molar-refractivity contribution in [2.45, 2.75) is 31.7 Å². The van der Waals surface area contributed by atoms with Crippen LogP contribution >= 0.6 is 22.9 Å². The fourth-order valence-corrected chi connectivity index (χ4v) is 4.81. The van der Waals surface area contributed by atoms with Crippen molar-refractivity contribution in [1.82, 2.24) is 5.43 Å². The summed E-state index contributed by atoms with van der Waals surface area (Å²) in [4.78, 5) is 1.30. The van der Waals surface area contributed by atoms with E-state index in [1.807, 2.05) is 6.07 Å². The molecular formula is C12H17ClN2S. The van der Waals surface area contributed by atoms with Gasteiger partial charge in [0.15, 0.2) is 0 Å². The first-order valence-electron chi connectivity index (χ1n) is 5.99. The van der Waals surface area contributed by atoms with Crippen LogP contribution in [0.2, 0.25) is 4.34 Å². The van der Waals surface area contributed by atoms with E-state index in [4.69, 9.17) is 17.4 Å². The number of hydrogen-bond acceptors (Lipinski definition) is 3. The van der Waals surface area contributed by atoms with Gasteiger partial charge < -0.3 is 0 Å². The first-order chi connectivity index (χ1) is 7.78. The van der Waals surface area contributed by atoms with E-state index >= 15 is 0 Å². The van der Waals surface area contributed by atoms with Crippen LogP contribution in [0.5, 0.6) is 0 Å². The lowest BCUT2D eigenvalue weighted by molar-refractivity contribution is 0.255. The molecule has 0 saturated heterocycles. The molecule has 4 atom stereocenters. The Morgan fingerprint density at radius 2 is 2.25 bits per heavy atom. The monoisotopic (exact) mass is 256 g/mol. The molecule has 0 radical (unpaired) electrons. The largest absolute Gasteiger partial charge is 0.271 e. The minimum absolute atomic E-state index is 0.313. The number of fused-ring (bicyclic) bond motifs is 2. The van der Waals surface area contributed by atoms with Crippen molar-refractivity contribution < 1.29 is 0 Å². The molecule has 3 rings (SSSR count). The Hall–Kier alpha value is -0.0900. The molecule has 2 saturated carbocycles. The lowest BCUT2D eigenvalue weighted by Gasteiger charge is -2.29. The number of nitrogens with two attached hydrogens (primary N) is 1. The summed E-state index contributed by atoms with van der Waals surface area (Å²) in [6.45, 7) is 0. The molecule has 2 aliphatic carbocycles. The zero-order chi connectivity index (χ0) is 11.1. The smallest absolute Gasteiger partial charge is 0.0931 e. The van der Waals surface area contributed by atoms with Crippen molar-refractivity contribution in [3.8, 4) is 0 Å². The zero-order valence-corrected chi connectivity index (χ0v) is 10.7. The zero-order valence-electron chi connectivity index (χ0n) is 9.16. The quantitative estimate of drug-likeness (QED) is 0.643. The highest BCUT2D eigenvalue weighted by Crippen LogP contribution is 2.53. The van der Waals surface area contributed by atoms with Crippen molar-refractivity contribution in [2.24, 2.45) is 23.6 Å². The second-order valence-electron chi connectivity index (χ2n) is 5.12. The molecule has 4 heteroatoms. The Balaban J connectivity index is 1.81. The summed E-state index contributed by atoms with van der Waals surface area (Å²) in [5.41, 5.74) is 3.01. The lowest BCUT2D eigenvalue weighted by atomic mass is 9.83. The minimum Gasteiger partial charge on any atom is -0.271 e. The number of thiophene rings is 1. The topological polar surface area (TPSA) is 38.0 Å². The molecule has 2 bridgehead atoms. The first-order valence-corrected chi connectivity index (χ1v) is 7.18. The highest BCUT2D eigenvalue weighted by Gasteiger charge is 2.43. The summed E-state index contributed by atoms with van der Waals surface area (Å²) in [6.07, 6.45) is 5.59. The lowest BCUT2D eigenvalue weighted by Crippen LogP contribution is -2.35. The minimum atomic E-state index is 0.313. The maximum Gasteiger partial charge on any atom is 0.0931 e. The second kappa shape index (κ2) is 4.30. The second-order valence-corrected chi connectivity index (χ2v) is 6.87. The highest BCUT2D eigenvalue weighted by molar-refractivity contribution is 7.16. The van der Waals surface area contributed by atoms with Gasteiger partial charge in [-0.15, -0.1) is 11.3 Å². The first kappa shape index (κ1) is 11.0. The summed E-state index contributed by atoms with van der Waals surface area (Å²) >= 11 is 7.65. The Kier molecular flexibility index (Phi) is 2.96. The molecule has 4 unspecified atom stereocenters. The van der Waals surface area contributed by atoms with E-state index in [1.165, 1.54) is 30.6 Å². The van der Waals surface area contributed by atoms with Crippen LogP contribution in [0.15, 0.2) is 12.1 Å².